The summed E-state index contributed by atoms with van der Waals surface area (Å²) in [5.74, 6) is 0.790. The molecule has 2 aromatic carbocycles. The van der Waals surface area contributed by atoms with Crippen LogP contribution in [-0.4, -0.2) is 47.5 Å². The minimum absolute atomic E-state index is 0.0676. The van der Waals surface area contributed by atoms with Gasteiger partial charge in [-0.15, -0.1) is 10.2 Å². The van der Waals surface area contributed by atoms with Crippen molar-refractivity contribution in [1.82, 2.24) is 24.5 Å². The van der Waals surface area contributed by atoms with Gasteiger partial charge >= 0.3 is 0 Å². The van der Waals surface area contributed by atoms with Gasteiger partial charge in [-0.05, 0) is 37.8 Å². The lowest BCUT2D eigenvalue weighted by molar-refractivity contribution is 0.114. The minimum atomic E-state index is -3.70. The van der Waals surface area contributed by atoms with Gasteiger partial charge in [0.25, 0.3) is 0 Å². The van der Waals surface area contributed by atoms with Crippen LogP contribution in [0, 0.1) is 6.92 Å². The summed E-state index contributed by atoms with van der Waals surface area (Å²) in [6, 6.07) is 13.3. The lowest BCUT2D eigenvalue weighted by Gasteiger charge is -2.14. The van der Waals surface area contributed by atoms with E-state index in [1.54, 1.807) is 17.5 Å². The van der Waals surface area contributed by atoms with Gasteiger partial charge in [0.2, 0.25) is 10.0 Å². The fourth-order valence-corrected chi connectivity index (χ4v) is 5.67. The maximum atomic E-state index is 13.2. The van der Waals surface area contributed by atoms with Crippen molar-refractivity contribution in [3.8, 4) is 11.3 Å². The quantitative estimate of drug-likeness (QED) is 0.447. The average Bonchev–Trinajstić information content (AvgIpc) is 3.48. The first-order valence-electron chi connectivity index (χ1n) is 11.3. The minimum Gasteiger partial charge on any atom is -0.377 e. The van der Waals surface area contributed by atoms with Crippen LogP contribution < -0.4 is 4.72 Å². The van der Waals surface area contributed by atoms with Crippen LogP contribution in [0.4, 0.5) is 0 Å². The molecular formula is C24H27N5O3S. The van der Waals surface area contributed by atoms with Gasteiger partial charge < -0.3 is 4.74 Å². The number of benzene rings is 2. The molecule has 0 amide bonds. The van der Waals surface area contributed by atoms with Crippen LogP contribution in [0.1, 0.15) is 37.6 Å². The Labute approximate surface area is 193 Å². The first-order valence-corrected chi connectivity index (χ1v) is 12.8. The second kappa shape index (κ2) is 8.81. The van der Waals surface area contributed by atoms with Crippen molar-refractivity contribution in [3.63, 3.8) is 0 Å². The predicted octanol–water partition coefficient (Wildman–Crippen LogP) is 3.66. The Morgan fingerprint density at radius 1 is 1.15 bits per heavy atom. The summed E-state index contributed by atoms with van der Waals surface area (Å²) in [6.45, 7) is 4.85. The molecule has 0 saturated carbocycles. The number of hydrogen-bond acceptors (Lipinski definition) is 6. The van der Waals surface area contributed by atoms with E-state index in [9.17, 15) is 8.42 Å². The van der Waals surface area contributed by atoms with Crippen LogP contribution in [-0.2, 0) is 21.2 Å². The number of hydrogen-bond donors (Lipinski definition) is 1. The third-order valence-corrected chi connectivity index (χ3v) is 7.64. The highest BCUT2D eigenvalue weighted by atomic mass is 32.2. The molecule has 1 aliphatic heterocycles. The number of nitrogens with zero attached hydrogens (tertiary/aromatic N) is 4. The monoisotopic (exact) mass is 465 g/mol. The molecule has 172 valence electrons. The number of rotatable bonds is 7. The van der Waals surface area contributed by atoms with Gasteiger partial charge in [-0.25, -0.2) is 13.1 Å². The Kier molecular flexibility index (Phi) is 5.86. The molecule has 4 aromatic rings. The predicted molar refractivity (Wildman–Crippen MR) is 127 cm³/mol. The van der Waals surface area contributed by atoms with Crippen LogP contribution in [0.5, 0.6) is 0 Å². The Morgan fingerprint density at radius 3 is 2.73 bits per heavy atom. The van der Waals surface area contributed by atoms with Gasteiger partial charge in [-0.1, -0.05) is 43.3 Å². The molecule has 1 aliphatic rings. The van der Waals surface area contributed by atoms with Crippen LogP contribution in [0.3, 0.4) is 0 Å². The zero-order chi connectivity index (χ0) is 23.0. The molecule has 0 spiro atoms. The van der Waals surface area contributed by atoms with E-state index in [0.29, 0.717) is 23.5 Å². The molecule has 0 aliphatic carbocycles. The first-order chi connectivity index (χ1) is 16.0. The summed E-state index contributed by atoms with van der Waals surface area (Å²) in [6.07, 6.45) is 3.45. The number of fused-ring (bicyclic) bond motifs is 3. The molecule has 2 aromatic heterocycles. The first kappa shape index (κ1) is 21.9. The normalized spacial score (nSPS) is 16.7. The Hall–Kier alpha value is -2.88. The van der Waals surface area contributed by atoms with Crippen molar-refractivity contribution in [1.29, 1.82) is 0 Å². The maximum absolute atomic E-state index is 13.2. The van der Waals surface area contributed by atoms with Crippen molar-refractivity contribution < 1.29 is 13.2 Å². The highest BCUT2D eigenvalue weighted by Crippen LogP contribution is 2.31. The Bertz CT molecular complexity index is 1430. The fraction of sp³-hybridized carbons (Fsp3) is 0.375. The number of aromatic nitrogens is 4. The smallest absolute Gasteiger partial charge is 0.240 e. The summed E-state index contributed by atoms with van der Waals surface area (Å²) in [5.41, 5.74) is 2.81. The standard InChI is InChI=1S/C24H27N5O3S/c1-3-7-22-26-27-24-20-10-5-4-9-19(20)23(28-29(22)24)17-12-11-16(2)21(14-17)33(30,31)25-15-18-8-6-13-32-18/h4-5,9-12,14,18,25H,3,6-8,13,15H2,1-2H3/t18-/m1/s1. The summed E-state index contributed by atoms with van der Waals surface area (Å²) >= 11 is 0. The van der Waals surface area contributed by atoms with E-state index in [0.717, 1.165) is 47.8 Å². The molecule has 0 radical (unpaired) electrons. The van der Waals surface area contributed by atoms with E-state index in [1.807, 2.05) is 36.4 Å². The molecular weight excluding hydrogens is 438 g/mol. The van der Waals surface area contributed by atoms with Gasteiger partial charge in [-0.2, -0.15) is 9.61 Å². The largest absolute Gasteiger partial charge is 0.377 e. The molecule has 33 heavy (non-hydrogen) atoms. The number of aryl methyl sites for hydroxylation is 2. The Balaban J connectivity index is 1.61. The molecule has 8 nitrogen and oxygen atoms in total. The number of sulfonamides is 1. The van der Waals surface area contributed by atoms with Gasteiger partial charge in [0.1, 0.15) is 0 Å². The van der Waals surface area contributed by atoms with Crippen LogP contribution >= 0.6 is 0 Å². The number of nitrogens with one attached hydrogen (secondary N) is 1. The van der Waals surface area contributed by atoms with Crippen molar-refractivity contribution in [2.75, 3.05) is 13.2 Å². The van der Waals surface area contributed by atoms with E-state index in [4.69, 9.17) is 9.84 Å². The van der Waals surface area contributed by atoms with Crippen molar-refractivity contribution in [2.45, 2.75) is 50.5 Å². The van der Waals surface area contributed by atoms with Gasteiger partial charge in [0.05, 0.1) is 16.7 Å². The zero-order valence-electron chi connectivity index (χ0n) is 18.8. The third-order valence-electron chi connectivity index (χ3n) is 6.08. The third kappa shape index (κ3) is 4.12. The second-order valence-corrected chi connectivity index (χ2v) is 10.2. The Morgan fingerprint density at radius 2 is 1.97 bits per heavy atom. The van der Waals surface area contributed by atoms with E-state index in [1.165, 1.54) is 0 Å². The molecule has 5 rings (SSSR count). The lowest BCUT2D eigenvalue weighted by atomic mass is 10.0. The molecule has 9 heteroatoms. The van der Waals surface area contributed by atoms with Crippen molar-refractivity contribution >= 4 is 26.4 Å². The summed E-state index contributed by atoms with van der Waals surface area (Å²) in [7, 11) is -3.70. The van der Waals surface area contributed by atoms with Crippen molar-refractivity contribution in [2.24, 2.45) is 0 Å². The highest BCUT2D eigenvalue weighted by molar-refractivity contribution is 7.89. The molecule has 0 bridgehead atoms. The fourth-order valence-electron chi connectivity index (χ4n) is 4.34. The van der Waals surface area contributed by atoms with Gasteiger partial charge in [0, 0.05) is 35.9 Å². The topological polar surface area (TPSA) is 98.5 Å². The van der Waals surface area contributed by atoms with Crippen LogP contribution in [0.25, 0.3) is 27.7 Å². The van der Waals surface area contributed by atoms with Crippen molar-refractivity contribution in [3.05, 3.63) is 53.9 Å². The molecule has 1 saturated heterocycles. The SMILES string of the molecule is CCCc1nnc2c3ccccc3c(-c3ccc(C)c(S(=O)(=O)NC[C@H]4CCCO4)c3)nn12. The van der Waals surface area contributed by atoms with Crippen LogP contribution in [0.2, 0.25) is 0 Å². The molecule has 3 heterocycles. The summed E-state index contributed by atoms with van der Waals surface area (Å²) in [4.78, 5) is 0.251. The van der Waals surface area contributed by atoms with E-state index in [-0.39, 0.29) is 17.5 Å². The summed E-state index contributed by atoms with van der Waals surface area (Å²) < 4.78 is 36.4. The summed E-state index contributed by atoms with van der Waals surface area (Å²) in [5, 5.41) is 15.4. The van der Waals surface area contributed by atoms with Crippen LogP contribution in [0.15, 0.2) is 47.4 Å². The van der Waals surface area contributed by atoms with E-state index < -0.39 is 10.0 Å². The maximum Gasteiger partial charge on any atom is 0.240 e. The van der Waals surface area contributed by atoms with E-state index in [2.05, 4.69) is 21.8 Å². The van der Waals surface area contributed by atoms with E-state index >= 15 is 0 Å². The molecule has 1 fully saturated rings. The van der Waals surface area contributed by atoms with Gasteiger partial charge in [0.15, 0.2) is 11.5 Å². The molecule has 1 N–H and O–H groups in total. The molecule has 1 atom stereocenters. The lowest BCUT2D eigenvalue weighted by Crippen LogP contribution is -2.32. The average molecular weight is 466 g/mol. The molecule has 0 unspecified atom stereocenters. The van der Waals surface area contributed by atoms with Gasteiger partial charge in [-0.3, -0.25) is 0 Å². The highest BCUT2D eigenvalue weighted by Gasteiger charge is 2.23. The number of ether oxygens (including phenoxy) is 1. The second-order valence-electron chi connectivity index (χ2n) is 8.46. The zero-order valence-corrected chi connectivity index (χ0v) is 19.6.